The molecule has 1 fully saturated rings. The molecule has 2 rings (SSSR count). The molecule has 5 nitrogen and oxygen atoms in total. The van der Waals surface area contributed by atoms with E-state index in [9.17, 15) is 14.0 Å². The second kappa shape index (κ2) is 6.56. The lowest BCUT2D eigenvalue weighted by molar-refractivity contribution is -0.142. The van der Waals surface area contributed by atoms with Crippen LogP contribution in [-0.2, 0) is 4.79 Å². The van der Waals surface area contributed by atoms with Crippen molar-refractivity contribution in [2.24, 2.45) is 11.8 Å². The van der Waals surface area contributed by atoms with Gasteiger partial charge in [-0.2, -0.15) is 0 Å². The van der Waals surface area contributed by atoms with E-state index in [0.717, 1.165) is 18.4 Å². The highest BCUT2D eigenvalue weighted by molar-refractivity contribution is 5.89. The maximum absolute atomic E-state index is 13.6. The van der Waals surface area contributed by atoms with Crippen molar-refractivity contribution >= 4 is 17.7 Å². The average Bonchev–Trinajstić information content (AvgIpc) is 2.88. The van der Waals surface area contributed by atoms with Crippen LogP contribution in [0.15, 0.2) is 18.2 Å². The Kier molecular flexibility index (Phi) is 4.77. The second-order valence-corrected chi connectivity index (χ2v) is 5.45. The van der Waals surface area contributed by atoms with E-state index in [4.69, 9.17) is 5.11 Å². The fraction of sp³-hybridized carbons (Fsp3) is 0.467. The molecule has 0 spiro atoms. The third-order valence-corrected chi connectivity index (χ3v) is 3.87. The molecule has 6 heteroatoms. The van der Waals surface area contributed by atoms with Gasteiger partial charge in [0.1, 0.15) is 5.82 Å². The number of urea groups is 1. The van der Waals surface area contributed by atoms with E-state index >= 15 is 0 Å². The van der Waals surface area contributed by atoms with Gasteiger partial charge >= 0.3 is 12.0 Å². The molecular formula is C15H19FN2O3. The van der Waals surface area contributed by atoms with Gasteiger partial charge in [0.05, 0.1) is 11.6 Å². The summed E-state index contributed by atoms with van der Waals surface area (Å²) in [5, 5.41) is 14.1. The molecule has 0 saturated heterocycles. The molecule has 0 aromatic heterocycles. The molecule has 0 aliphatic heterocycles. The highest BCUT2D eigenvalue weighted by Crippen LogP contribution is 2.31. The summed E-state index contributed by atoms with van der Waals surface area (Å²) in [6, 6.07) is 4.03. The topological polar surface area (TPSA) is 78.4 Å². The third kappa shape index (κ3) is 3.93. The molecule has 1 aliphatic rings. The monoisotopic (exact) mass is 294 g/mol. The van der Waals surface area contributed by atoms with Gasteiger partial charge in [-0.05, 0) is 43.4 Å². The summed E-state index contributed by atoms with van der Waals surface area (Å²) in [4.78, 5) is 22.8. The first-order chi connectivity index (χ1) is 9.97. The second-order valence-electron chi connectivity index (χ2n) is 5.45. The number of rotatable bonds is 4. The van der Waals surface area contributed by atoms with Crippen LogP contribution in [0.3, 0.4) is 0 Å². The van der Waals surface area contributed by atoms with Crippen LogP contribution < -0.4 is 10.6 Å². The summed E-state index contributed by atoms with van der Waals surface area (Å²) in [6.45, 7) is 2.05. The van der Waals surface area contributed by atoms with Crippen LogP contribution in [0, 0.1) is 24.6 Å². The quantitative estimate of drug-likeness (QED) is 0.799. The number of anilines is 1. The van der Waals surface area contributed by atoms with E-state index in [-0.39, 0.29) is 18.2 Å². The minimum absolute atomic E-state index is 0.0592. The van der Waals surface area contributed by atoms with E-state index in [1.165, 1.54) is 12.1 Å². The van der Waals surface area contributed by atoms with Crippen LogP contribution in [0.1, 0.15) is 24.8 Å². The van der Waals surface area contributed by atoms with Crippen LogP contribution in [0.25, 0.3) is 0 Å². The molecule has 2 unspecified atom stereocenters. The van der Waals surface area contributed by atoms with E-state index in [1.54, 1.807) is 13.0 Å². The molecule has 3 N–H and O–H groups in total. The summed E-state index contributed by atoms with van der Waals surface area (Å²) >= 11 is 0. The minimum Gasteiger partial charge on any atom is -0.481 e. The van der Waals surface area contributed by atoms with Crippen LogP contribution in [0.4, 0.5) is 14.9 Å². The SMILES string of the molecule is Cc1ccc(NC(=O)NCC2CCCC2C(=O)O)c(F)c1. The number of hydrogen-bond acceptors (Lipinski definition) is 2. The zero-order valence-electron chi connectivity index (χ0n) is 11.9. The number of hydrogen-bond donors (Lipinski definition) is 3. The molecule has 21 heavy (non-hydrogen) atoms. The lowest BCUT2D eigenvalue weighted by Crippen LogP contribution is -2.35. The average molecular weight is 294 g/mol. The molecule has 1 aromatic rings. The van der Waals surface area contributed by atoms with Gasteiger partial charge < -0.3 is 15.7 Å². The maximum atomic E-state index is 13.6. The highest BCUT2D eigenvalue weighted by atomic mass is 19.1. The number of amides is 2. The van der Waals surface area contributed by atoms with Crippen LogP contribution >= 0.6 is 0 Å². The fourth-order valence-corrected chi connectivity index (χ4v) is 2.72. The number of carboxylic acids is 1. The molecule has 1 aliphatic carbocycles. The molecule has 1 saturated carbocycles. The Morgan fingerprint density at radius 2 is 2.14 bits per heavy atom. The van der Waals surface area contributed by atoms with Crippen molar-refractivity contribution in [3.63, 3.8) is 0 Å². The van der Waals surface area contributed by atoms with Crippen molar-refractivity contribution < 1.29 is 19.1 Å². The molecule has 0 heterocycles. The number of carbonyl (C=O) groups is 2. The van der Waals surface area contributed by atoms with Gasteiger partial charge in [0.15, 0.2) is 0 Å². The Morgan fingerprint density at radius 3 is 2.81 bits per heavy atom. The standard InChI is InChI=1S/C15H19FN2O3/c1-9-5-6-13(12(16)7-9)18-15(21)17-8-10-3-2-4-11(10)14(19)20/h5-7,10-11H,2-4,8H2,1H3,(H,19,20)(H2,17,18,21). The Bertz CT molecular complexity index is 548. The van der Waals surface area contributed by atoms with E-state index in [2.05, 4.69) is 10.6 Å². The lowest BCUT2D eigenvalue weighted by Gasteiger charge is -2.16. The van der Waals surface area contributed by atoms with Crippen molar-refractivity contribution in [3.05, 3.63) is 29.6 Å². The number of benzene rings is 1. The number of halogens is 1. The van der Waals surface area contributed by atoms with Gasteiger partial charge in [0.2, 0.25) is 0 Å². The van der Waals surface area contributed by atoms with Crippen molar-refractivity contribution in [3.8, 4) is 0 Å². The largest absolute Gasteiger partial charge is 0.481 e. The molecular weight excluding hydrogens is 275 g/mol. The van der Waals surface area contributed by atoms with Gasteiger partial charge in [-0.25, -0.2) is 9.18 Å². The van der Waals surface area contributed by atoms with Gasteiger partial charge in [0, 0.05) is 6.54 Å². The first-order valence-electron chi connectivity index (χ1n) is 7.01. The van der Waals surface area contributed by atoms with Crippen molar-refractivity contribution in [1.82, 2.24) is 5.32 Å². The zero-order valence-corrected chi connectivity index (χ0v) is 11.9. The summed E-state index contributed by atoms with van der Waals surface area (Å²) in [5.41, 5.74) is 0.882. The Balaban J connectivity index is 1.86. The first-order valence-corrected chi connectivity index (χ1v) is 7.01. The molecule has 2 amide bonds. The number of aryl methyl sites for hydroxylation is 1. The van der Waals surface area contributed by atoms with E-state index < -0.39 is 23.7 Å². The Morgan fingerprint density at radius 1 is 1.38 bits per heavy atom. The zero-order chi connectivity index (χ0) is 15.4. The number of carboxylic acid groups (broad SMARTS) is 1. The highest BCUT2D eigenvalue weighted by Gasteiger charge is 2.32. The number of carbonyl (C=O) groups excluding carboxylic acids is 1. The maximum Gasteiger partial charge on any atom is 0.319 e. The molecule has 1 aromatic carbocycles. The number of nitrogens with one attached hydrogen (secondary N) is 2. The van der Waals surface area contributed by atoms with E-state index in [0.29, 0.717) is 6.42 Å². The van der Waals surface area contributed by atoms with E-state index in [1.807, 2.05) is 0 Å². The summed E-state index contributed by atoms with van der Waals surface area (Å²) < 4.78 is 13.6. The predicted molar refractivity (Wildman–Crippen MR) is 76.6 cm³/mol. The lowest BCUT2D eigenvalue weighted by atomic mass is 9.96. The summed E-state index contributed by atoms with van der Waals surface area (Å²) in [6.07, 6.45) is 2.30. The molecule has 0 radical (unpaired) electrons. The van der Waals surface area contributed by atoms with Crippen LogP contribution in [0.5, 0.6) is 0 Å². The van der Waals surface area contributed by atoms with Gasteiger partial charge in [-0.1, -0.05) is 12.5 Å². The van der Waals surface area contributed by atoms with Crippen molar-refractivity contribution in [2.45, 2.75) is 26.2 Å². The first kappa shape index (κ1) is 15.3. The van der Waals surface area contributed by atoms with Crippen LogP contribution in [0.2, 0.25) is 0 Å². The van der Waals surface area contributed by atoms with Crippen LogP contribution in [-0.4, -0.2) is 23.7 Å². The molecule has 114 valence electrons. The van der Waals surface area contributed by atoms with Gasteiger partial charge in [0.25, 0.3) is 0 Å². The minimum atomic E-state index is -0.815. The smallest absolute Gasteiger partial charge is 0.319 e. The van der Waals surface area contributed by atoms with Crippen molar-refractivity contribution in [2.75, 3.05) is 11.9 Å². The van der Waals surface area contributed by atoms with Crippen molar-refractivity contribution in [1.29, 1.82) is 0 Å². The van der Waals surface area contributed by atoms with Gasteiger partial charge in [-0.3, -0.25) is 4.79 Å². The summed E-state index contributed by atoms with van der Waals surface area (Å²) in [7, 11) is 0. The normalized spacial score (nSPS) is 21.0. The van der Waals surface area contributed by atoms with Gasteiger partial charge in [-0.15, -0.1) is 0 Å². The Labute approximate surface area is 122 Å². The summed E-state index contributed by atoms with van der Waals surface area (Å²) in [5.74, 6) is -1.77. The Hall–Kier alpha value is -2.11. The third-order valence-electron chi connectivity index (χ3n) is 3.87. The molecule has 0 bridgehead atoms. The molecule has 2 atom stereocenters. The number of aliphatic carboxylic acids is 1. The predicted octanol–water partition coefficient (Wildman–Crippen LogP) is 2.76. The fourth-order valence-electron chi connectivity index (χ4n) is 2.72.